The van der Waals surface area contributed by atoms with E-state index in [2.05, 4.69) is 34.7 Å². The van der Waals surface area contributed by atoms with Gasteiger partial charge in [0.1, 0.15) is 11.6 Å². The molecule has 28 heavy (non-hydrogen) atoms. The number of hydrogen-bond donors (Lipinski definition) is 0. The molecule has 0 unspecified atom stereocenters. The second-order valence-corrected chi connectivity index (χ2v) is 7.65. The monoisotopic (exact) mass is 382 g/mol. The number of aromatic nitrogens is 2. The van der Waals surface area contributed by atoms with E-state index >= 15 is 0 Å². The number of methoxy groups -OCH3 is 1. The minimum absolute atomic E-state index is 0.289. The van der Waals surface area contributed by atoms with Crippen molar-refractivity contribution in [1.82, 2.24) is 14.9 Å². The van der Waals surface area contributed by atoms with Crippen molar-refractivity contribution >= 4 is 11.8 Å². The van der Waals surface area contributed by atoms with Crippen LogP contribution in [0.2, 0.25) is 0 Å². The molecular formula is C22H30N4O2. The molecule has 2 heterocycles. The Hall–Kier alpha value is -2.47. The molecule has 1 fully saturated rings. The summed E-state index contributed by atoms with van der Waals surface area (Å²) in [7, 11) is 1.41. The molecule has 0 atom stereocenters. The predicted molar refractivity (Wildman–Crippen MR) is 111 cm³/mol. The van der Waals surface area contributed by atoms with Crippen LogP contribution in [-0.2, 0) is 11.2 Å². The third-order valence-electron chi connectivity index (χ3n) is 5.16. The van der Waals surface area contributed by atoms with E-state index in [4.69, 9.17) is 9.72 Å². The van der Waals surface area contributed by atoms with Crippen LogP contribution in [0.3, 0.4) is 0 Å². The van der Waals surface area contributed by atoms with Gasteiger partial charge in [0.15, 0.2) is 0 Å². The van der Waals surface area contributed by atoms with Crippen LogP contribution in [-0.4, -0.2) is 60.7 Å². The van der Waals surface area contributed by atoms with E-state index in [1.54, 1.807) is 0 Å². The number of piperazine rings is 1. The van der Waals surface area contributed by atoms with E-state index in [-0.39, 0.29) is 5.97 Å². The van der Waals surface area contributed by atoms with Crippen molar-refractivity contribution in [3.63, 3.8) is 0 Å². The lowest BCUT2D eigenvalue weighted by Gasteiger charge is -2.35. The molecule has 150 valence electrons. The fourth-order valence-electron chi connectivity index (χ4n) is 3.41. The van der Waals surface area contributed by atoms with Crippen LogP contribution < -0.4 is 4.90 Å². The lowest BCUT2D eigenvalue weighted by molar-refractivity contribution is 0.0600. The Morgan fingerprint density at radius 2 is 1.79 bits per heavy atom. The molecule has 1 aromatic carbocycles. The molecule has 0 aliphatic carbocycles. The highest BCUT2D eigenvalue weighted by Gasteiger charge is 2.19. The van der Waals surface area contributed by atoms with Gasteiger partial charge in [-0.2, -0.15) is 0 Å². The highest BCUT2D eigenvalue weighted by atomic mass is 16.5. The normalized spacial score (nSPS) is 15.1. The van der Waals surface area contributed by atoms with Crippen molar-refractivity contribution in [3.8, 4) is 0 Å². The predicted octanol–water partition coefficient (Wildman–Crippen LogP) is 3.06. The summed E-state index contributed by atoms with van der Waals surface area (Å²) in [5.74, 6) is 2.02. The minimum atomic E-state index is -0.289. The summed E-state index contributed by atoms with van der Waals surface area (Å²) in [6.45, 7) is 11.3. The average Bonchev–Trinajstić information content (AvgIpc) is 2.72. The van der Waals surface area contributed by atoms with E-state index in [1.165, 1.54) is 12.7 Å². The summed E-state index contributed by atoms with van der Waals surface area (Å²) in [4.78, 5) is 25.7. The van der Waals surface area contributed by atoms with Crippen molar-refractivity contribution in [2.75, 3.05) is 44.7 Å². The largest absolute Gasteiger partial charge is 0.465 e. The number of rotatable bonds is 6. The first-order chi connectivity index (χ1) is 13.5. The van der Waals surface area contributed by atoms with Gasteiger partial charge in [0.2, 0.25) is 0 Å². The fraction of sp³-hybridized carbons (Fsp3) is 0.500. The Balaban J connectivity index is 1.51. The van der Waals surface area contributed by atoms with Crippen LogP contribution in [0.25, 0.3) is 0 Å². The van der Waals surface area contributed by atoms with E-state index < -0.39 is 0 Å². The number of benzene rings is 1. The molecule has 0 spiro atoms. The maximum absolute atomic E-state index is 11.5. The van der Waals surface area contributed by atoms with Crippen molar-refractivity contribution in [1.29, 1.82) is 0 Å². The molecule has 1 saturated heterocycles. The second kappa shape index (κ2) is 9.15. The number of carbonyl (C=O) groups excluding carboxylic acids is 1. The van der Waals surface area contributed by atoms with Gasteiger partial charge in [-0.1, -0.05) is 26.0 Å². The molecule has 1 aliphatic rings. The van der Waals surface area contributed by atoms with E-state index in [1.807, 2.05) is 31.2 Å². The maximum atomic E-state index is 11.5. The van der Waals surface area contributed by atoms with Crippen LogP contribution in [0, 0.1) is 6.92 Å². The zero-order valence-corrected chi connectivity index (χ0v) is 17.3. The Morgan fingerprint density at radius 3 is 2.39 bits per heavy atom. The zero-order chi connectivity index (χ0) is 20.1. The number of aryl methyl sites for hydroxylation is 1. The fourth-order valence-corrected chi connectivity index (χ4v) is 3.41. The lowest BCUT2D eigenvalue weighted by Crippen LogP contribution is -2.47. The first-order valence-corrected chi connectivity index (χ1v) is 9.96. The molecule has 0 amide bonds. The molecule has 3 rings (SSSR count). The molecule has 2 aromatic rings. The Morgan fingerprint density at radius 1 is 1.11 bits per heavy atom. The number of ether oxygens (including phenoxy) is 1. The van der Waals surface area contributed by atoms with Crippen LogP contribution >= 0.6 is 0 Å². The number of anilines is 1. The topological polar surface area (TPSA) is 58.6 Å². The van der Waals surface area contributed by atoms with Crippen molar-refractivity contribution in [2.24, 2.45) is 0 Å². The van der Waals surface area contributed by atoms with Gasteiger partial charge in [-0.3, -0.25) is 4.90 Å². The third kappa shape index (κ3) is 5.07. The van der Waals surface area contributed by atoms with Gasteiger partial charge >= 0.3 is 5.97 Å². The van der Waals surface area contributed by atoms with E-state index in [0.717, 1.165) is 56.5 Å². The quantitative estimate of drug-likeness (QED) is 0.716. The van der Waals surface area contributed by atoms with Crippen molar-refractivity contribution in [3.05, 3.63) is 53.0 Å². The second-order valence-electron chi connectivity index (χ2n) is 7.65. The zero-order valence-electron chi connectivity index (χ0n) is 17.3. The Bertz CT molecular complexity index is 797. The van der Waals surface area contributed by atoms with Crippen molar-refractivity contribution < 1.29 is 9.53 Å². The number of esters is 1. The molecule has 0 saturated carbocycles. The summed E-state index contributed by atoms with van der Waals surface area (Å²) in [5.41, 5.74) is 2.87. The van der Waals surface area contributed by atoms with Crippen LogP contribution in [0.1, 0.15) is 47.2 Å². The molecule has 1 aliphatic heterocycles. The maximum Gasteiger partial charge on any atom is 0.337 e. The summed E-state index contributed by atoms with van der Waals surface area (Å²) >= 11 is 0. The summed E-state index contributed by atoms with van der Waals surface area (Å²) in [6, 6.07) is 9.79. The number of hydrogen-bond acceptors (Lipinski definition) is 6. The number of carbonyl (C=O) groups is 1. The van der Waals surface area contributed by atoms with Gasteiger partial charge in [0.25, 0.3) is 0 Å². The Kier molecular flexibility index (Phi) is 6.62. The summed E-state index contributed by atoms with van der Waals surface area (Å²) in [6.07, 6.45) is 0.978. The molecule has 0 N–H and O–H groups in total. The number of nitrogens with zero attached hydrogens (tertiary/aromatic N) is 4. The summed E-state index contributed by atoms with van der Waals surface area (Å²) in [5, 5.41) is 0. The Labute approximate surface area is 167 Å². The van der Waals surface area contributed by atoms with Gasteiger partial charge in [0.05, 0.1) is 12.7 Å². The minimum Gasteiger partial charge on any atom is -0.465 e. The molecule has 1 aromatic heterocycles. The van der Waals surface area contributed by atoms with Crippen LogP contribution in [0.5, 0.6) is 0 Å². The first kappa shape index (κ1) is 20.3. The van der Waals surface area contributed by atoms with Gasteiger partial charge in [-0.05, 0) is 31.0 Å². The van der Waals surface area contributed by atoms with Gasteiger partial charge in [-0.25, -0.2) is 14.8 Å². The first-order valence-electron chi connectivity index (χ1n) is 9.96. The SMILES string of the molecule is COC(=O)c1ccc(CCN2CCN(c3cc(C)nc(C(C)C)n3)CC2)cc1. The van der Waals surface area contributed by atoms with Crippen LogP contribution in [0.4, 0.5) is 5.82 Å². The molecular weight excluding hydrogens is 352 g/mol. The van der Waals surface area contributed by atoms with Crippen LogP contribution in [0.15, 0.2) is 30.3 Å². The van der Waals surface area contributed by atoms with Gasteiger partial charge < -0.3 is 9.64 Å². The lowest BCUT2D eigenvalue weighted by atomic mass is 10.1. The molecule has 6 nitrogen and oxygen atoms in total. The van der Waals surface area contributed by atoms with Crippen molar-refractivity contribution in [2.45, 2.75) is 33.1 Å². The average molecular weight is 383 g/mol. The third-order valence-corrected chi connectivity index (χ3v) is 5.16. The summed E-state index contributed by atoms with van der Waals surface area (Å²) < 4.78 is 4.74. The van der Waals surface area contributed by atoms with E-state index in [9.17, 15) is 4.79 Å². The van der Waals surface area contributed by atoms with Gasteiger partial charge in [-0.15, -0.1) is 0 Å². The smallest absolute Gasteiger partial charge is 0.337 e. The van der Waals surface area contributed by atoms with Gasteiger partial charge in [0, 0.05) is 50.4 Å². The standard InChI is InChI=1S/C22H30N4O2/c1-16(2)21-23-17(3)15-20(24-21)26-13-11-25(12-14-26)10-9-18-5-7-19(8-6-18)22(27)28-4/h5-8,15-16H,9-14H2,1-4H3. The van der Waals surface area contributed by atoms with E-state index in [0.29, 0.717) is 11.5 Å². The molecule has 6 heteroatoms. The molecule has 0 radical (unpaired) electrons. The molecule has 0 bridgehead atoms. The highest BCUT2D eigenvalue weighted by molar-refractivity contribution is 5.89. The highest BCUT2D eigenvalue weighted by Crippen LogP contribution is 2.19.